The molecule has 5 nitrogen and oxygen atoms in total. The minimum Gasteiger partial charge on any atom is -0.357 e. The molecule has 0 aliphatic heterocycles. The third-order valence-electron chi connectivity index (χ3n) is 3.74. The molecule has 1 aliphatic carbocycles. The van der Waals surface area contributed by atoms with E-state index in [0.717, 1.165) is 24.2 Å². The van der Waals surface area contributed by atoms with Gasteiger partial charge in [0.25, 0.3) is 0 Å². The van der Waals surface area contributed by atoms with E-state index >= 15 is 0 Å². The smallest absolute Gasteiger partial charge is 0.180 e. The zero-order chi connectivity index (χ0) is 13.2. The van der Waals surface area contributed by atoms with Crippen LogP contribution >= 0.6 is 0 Å². The van der Waals surface area contributed by atoms with Gasteiger partial charge in [-0.05, 0) is 25.0 Å². The van der Waals surface area contributed by atoms with Crippen molar-refractivity contribution in [2.24, 2.45) is 0 Å². The Morgan fingerprint density at radius 2 is 1.89 bits per heavy atom. The highest BCUT2D eigenvalue weighted by Gasteiger charge is 2.23. The van der Waals surface area contributed by atoms with E-state index < -0.39 is 0 Å². The van der Waals surface area contributed by atoms with Gasteiger partial charge in [0.1, 0.15) is 17.1 Å². The lowest BCUT2D eigenvalue weighted by molar-refractivity contribution is -0.120. The average Bonchev–Trinajstić information content (AvgIpc) is 2.47. The average molecular weight is 256 g/mol. The van der Waals surface area contributed by atoms with Gasteiger partial charge in [-0.15, -0.1) is 0 Å². The van der Waals surface area contributed by atoms with Crippen molar-refractivity contribution in [3.63, 3.8) is 0 Å². The van der Waals surface area contributed by atoms with Gasteiger partial charge in [0.05, 0.1) is 0 Å². The van der Waals surface area contributed by atoms with Gasteiger partial charge in [-0.3, -0.25) is 9.78 Å². The Morgan fingerprint density at radius 3 is 2.68 bits per heavy atom. The predicted molar refractivity (Wildman–Crippen MR) is 73.0 cm³/mol. The number of nitrogens with zero attached hydrogens (tertiary/aromatic N) is 4. The fraction of sp³-hybridized carbons (Fsp3) is 0.429. The van der Waals surface area contributed by atoms with Crippen LogP contribution in [-0.2, 0) is 4.79 Å². The lowest BCUT2D eigenvalue weighted by Crippen LogP contribution is -2.35. The van der Waals surface area contributed by atoms with E-state index in [1.807, 2.05) is 19.2 Å². The summed E-state index contributed by atoms with van der Waals surface area (Å²) in [5.41, 5.74) is 1.47. The molecule has 0 amide bonds. The molecule has 0 radical (unpaired) electrons. The van der Waals surface area contributed by atoms with Crippen LogP contribution in [0.15, 0.2) is 24.5 Å². The maximum atomic E-state index is 11.3. The van der Waals surface area contributed by atoms with Crippen LogP contribution in [0, 0.1) is 0 Å². The Hall–Kier alpha value is -2.04. The quantitative estimate of drug-likeness (QED) is 0.822. The molecule has 0 N–H and O–H groups in total. The Morgan fingerprint density at radius 1 is 1.16 bits per heavy atom. The maximum Gasteiger partial charge on any atom is 0.180 e. The summed E-state index contributed by atoms with van der Waals surface area (Å²) in [5.74, 6) is 1.27. The molecule has 0 atom stereocenters. The van der Waals surface area contributed by atoms with Crippen LogP contribution in [0.4, 0.5) is 5.82 Å². The molecule has 1 aliphatic rings. The number of ketones is 1. The highest BCUT2D eigenvalue weighted by atomic mass is 16.1. The SMILES string of the molecule is CN(c1ccc2nccnc2n1)C1CCC(=O)CC1. The van der Waals surface area contributed by atoms with Gasteiger partial charge in [-0.2, -0.15) is 0 Å². The van der Waals surface area contributed by atoms with Crippen LogP contribution in [0.25, 0.3) is 11.2 Å². The second kappa shape index (κ2) is 4.91. The van der Waals surface area contributed by atoms with E-state index in [1.165, 1.54) is 0 Å². The Labute approximate surface area is 111 Å². The van der Waals surface area contributed by atoms with E-state index in [2.05, 4.69) is 19.9 Å². The molecular formula is C14H16N4O. The summed E-state index contributed by atoms with van der Waals surface area (Å²) in [7, 11) is 2.03. The van der Waals surface area contributed by atoms with Crippen LogP contribution < -0.4 is 4.90 Å². The number of pyridine rings is 1. The van der Waals surface area contributed by atoms with Gasteiger partial charge >= 0.3 is 0 Å². The van der Waals surface area contributed by atoms with Crippen molar-refractivity contribution in [2.75, 3.05) is 11.9 Å². The molecule has 3 rings (SSSR count). The van der Waals surface area contributed by atoms with Gasteiger partial charge in [-0.25, -0.2) is 9.97 Å². The highest BCUT2D eigenvalue weighted by Crippen LogP contribution is 2.24. The molecule has 0 saturated heterocycles. The number of aromatic nitrogens is 3. The van der Waals surface area contributed by atoms with Crippen molar-refractivity contribution in [3.05, 3.63) is 24.5 Å². The number of hydrogen-bond acceptors (Lipinski definition) is 5. The molecule has 1 fully saturated rings. The number of rotatable bonds is 2. The highest BCUT2D eigenvalue weighted by molar-refractivity contribution is 5.79. The zero-order valence-corrected chi connectivity index (χ0v) is 10.9. The summed E-state index contributed by atoms with van der Waals surface area (Å²) in [5, 5.41) is 0. The molecule has 0 bridgehead atoms. The van der Waals surface area contributed by atoms with E-state index in [-0.39, 0.29) is 0 Å². The second-order valence-electron chi connectivity index (χ2n) is 4.95. The van der Waals surface area contributed by atoms with Gasteiger partial charge in [0.15, 0.2) is 5.65 Å². The number of anilines is 1. The van der Waals surface area contributed by atoms with E-state index in [0.29, 0.717) is 30.3 Å². The van der Waals surface area contributed by atoms with Gasteiger partial charge in [0.2, 0.25) is 0 Å². The maximum absolute atomic E-state index is 11.3. The van der Waals surface area contributed by atoms with E-state index in [9.17, 15) is 4.79 Å². The number of carbonyl (C=O) groups is 1. The van der Waals surface area contributed by atoms with Crippen LogP contribution in [0.1, 0.15) is 25.7 Å². The number of hydrogen-bond donors (Lipinski definition) is 0. The van der Waals surface area contributed by atoms with Crippen LogP contribution in [-0.4, -0.2) is 33.8 Å². The Kier molecular flexibility index (Phi) is 3.11. The summed E-state index contributed by atoms with van der Waals surface area (Å²) in [6, 6.07) is 4.29. The first-order valence-corrected chi connectivity index (χ1v) is 6.56. The number of Topliss-reactive ketones (excluding diaryl/α,β-unsaturated/α-hetero) is 1. The van der Waals surface area contributed by atoms with Gasteiger partial charge in [-0.1, -0.05) is 0 Å². The number of fused-ring (bicyclic) bond motifs is 1. The molecule has 98 valence electrons. The molecule has 2 aromatic heterocycles. The summed E-state index contributed by atoms with van der Waals surface area (Å²) >= 11 is 0. The summed E-state index contributed by atoms with van der Waals surface area (Å²) in [6.45, 7) is 0. The van der Waals surface area contributed by atoms with Crippen LogP contribution in [0.3, 0.4) is 0 Å². The largest absolute Gasteiger partial charge is 0.357 e. The van der Waals surface area contributed by atoms with Gasteiger partial charge in [0, 0.05) is 38.3 Å². The third-order valence-corrected chi connectivity index (χ3v) is 3.74. The Bertz CT molecular complexity index is 603. The summed E-state index contributed by atoms with van der Waals surface area (Å²) in [4.78, 5) is 26.4. The van der Waals surface area contributed by atoms with Crippen molar-refractivity contribution in [1.82, 2.24) is 15.0 Å². The molecule has 2 heterocycles. The topological polar surface area (TPSA) is 59.0 Å². The lowest BCUT2D eigenvalue weighted by atomic mass is 9.93. The molecule has 5 heteroatoms. The first kappa shape index (κ1) is 12.0. The molecule has 0 aromatic carbocycles. The normalized spacial score (nSPS) is 16.8. The zero-order valence-electron chi connectivity index (χ0n) is 10.9. The molecular weight excluding hydrogens is 240 g/mol. The summed E-state index contributed by atoms with van der Waals surface area (Å²) in [6.07, 6.45) is 6.51. The molecule has 1 saturated carbocycles. The first-order valence-electron chi connectivity index (χ1n) is 6.56. The van der Waals surface area contributed by atoms with Crippen LogP contribution in [0.2, 0.25) is 0 Å². The van der Waals surface area contributed by atoms with E-state index in [4.69, 9.17) is 0 Å². The second-order valence-corrected chi connectivity index (χ2v) is 4.95. The minimum atomic E-state index is 0.377. The third kappa shape index (κ3) is 2.41. The number of carbonyl (C=O) groups excluding carboxylic acids is 1. The molecule has 2 aromatic rings. The standard InChI is InChI=1S/C14H16N4O/c1-18(10-2-4-11(19)5-3-10)13-7-6-12-14(17-13)16-9-8-15-12/h6-10H,2-5H2,1H3. The molecule has 0 spiro atoms. The lowest BCUT2D eigenvalue weighted by Gasteiger charge is -2.31. The minimum absolute atomic E-state index is 0.377. The van der Waals surface area contributed by atoms with Crippen molar-refractivity contribution < 1.29 is 4.79 Å². The van der Waals surface area contributed by atoms with Crippen molar-refractivity contribution in [2.45, 2.75) is 31.7 Å². The van der Waals surface area contributed by atoms with Crippen LogP contribution in [0.5, 0.6) is 0 Å². The summed E-state index contributed by atoms with van der Waals surface area (Å²) < 4.78 is 0. The van der Waals surface area contributed by atoms with Crippen molar-refractivity contribution >= 4 is 22.8 Å². The fourth-order valence-electron chi connectivity index (χ4n) is 2.54. The van der Waals surface area contributed by atoms with Gasteiger partial charge < -0.3 is 4.90 Å². The monoisotopic (exact) mass is 256 g/mol. The predicted octanol–water partition coefficient (Wildman–Crippen LogP) is 1.97. The van der Waals surface area contributed by atoms with Crippen molar-refractivity contribution in [1.29, 1.82) is 0 Å². The first-order chi connectivity index (χ1) is 9.24. The Balaban J connectivity index is 1.84. The fourth-order valence-corrected chi connectivity index (χ4v) is 2.54. The molecule has 19 heavy (non-hydrogen) atoms. The van der Waals surface area contributed by atoms with E-state index in [1.54, 1.807) is 12.4 Å². The molecule has 0 unspecified atom stereocenters. The van der Waals surface area contributed by atoms with Crippen molar-refractivity contribution in [3.8, 4) is 0 Å².